The molecule has 0 fully saturated rings. The van der Waals surface area contributed by atoms with Gasteiger partial charge in [0.05, 0.1) is 23.8 Å². The molecule has 2 N–H and O–H groups in total. The number of benzene rings is 2. The van der Waals surface area contributed by atoms with Crippen LogP contribution in [0.15, 0.2) is 47.6 Å². The first-order valence-electron chi connectivity index (χ1n) is 8.19. The van der Waals surface area contributed by atoms with E-state index in [-0.39, 0.29) is 23.6 Å². The highest BCUT2D eigenvalue weighted by Crippen LogP contribution is 2.37. The number of phenolic OH excluding ortho intramolecular Hbond substituents is 1. The molecule has 12 heteroatoms. The van der Waals surface area contributed by atoms with E-state index in [4.69, 9.17) is 4.74 Å². The molecular formula is C17H15N7O5. The van der Waals surface area contributed by atoms with Crippen molar-refractivity contribution in [3.63, 3.8) is 0 Å². The summed E-state index contributed by atoms with van der Waals surface area (Å²) >= 11 is 0. The fourth-order valence-corrected chi connectivity index (χ4v) is 2.42. The molecule has 1 aromatic heterocycles. The predicted molar refractivity (Wildman–Crippen MR) is 100 cm³/mol. The number of amides is 1. The molecule has 0 aliphatic carbocycles. The highest BCUT2D eigenvalue weighted by molar-refractivity contribution is 5.89. The van der Waals surface area contributed by atoms with Crippen LogP contribution in [-0.4, -0.2) is 49.5 Å². The molecule has 0 unspecified atom stereocenters. The van der Waals surface area contributed by atoms with Crippen LogP contribution >= 0.6 is 0 Å². The van der Waals surface area contributed by atoms with E-state index in [2.05, 4.69) is 25.9 Å². The highest BCUT2D eigenvalue weighted by atomic mass is 16.6. The molecule has 0 atom stereocenters. The second kappa shape index (κ2) is 8.56. The SMILES string of the molecule is COc1c(O)ccc(/C=N\NC(=O)Cn2nnc(-c3ccccc3)n2)c1[N+](=O)[O-]. The normalized spacial score (nSPS) is 10.8. The molecule has 12 nitrogen and oxygen atoms in total. The van der Waals surface area contributed by atoms with E-state index in [9.17, 15) is 20.0 Å². The maximum absolute atomic E-state index is 12.0. The van der Waals surface area contributed by atoms with Crippen LogP contribution in [0.25, 0.3) is 11.4 Å². The Morgan fingerprint density at radius 3 is 2.79 bits per heavy atom. The van der Waals surface area contributed by atoms with E-state index < -0.39 is 16.5 Å². The highest BCUT2D eigenvalue weighted by Gasteiger charge is 2.23. The van der Waals surface area contributed by atoms with Crippen molar-refractivity contribution >= 4 is 17.8 Å². The molecule has 2 aromatic carbocycles. The molecule has 0 spiro atoms. The van der Waals surface area contributed by atoms with E-state index in [0.29, 0.717) is 5.82 Å². The number of tetrazole rings is 1. The Bertz CT molecular complexity index is 1070. The van der Waals surface area contributed by atoms with Gasteiger partial charge in [-0.2, -0.15) is 9.90 Å². The van der Waals surface area contributed by atoms with Crippen molar-refractivity contribution in [1.29, 1.82) is 0 Å². The van der Waals surface area contributed by atoms with Crippen LogP contribution in [0, 0.1) is 10.1 Å². The Morgan fingerprint density at radius 1 is 1.34 bits per heavy atom. The molecule has 1 amide bonds. The molecule has 0 saturated carbocycles. The monoisotopic (exact) mass is 397 g/mol. The maximum Gasteiger partial charge on any atom is 0.323 e. The van der Waals surface area contributed by atoms with E-state index in [0.717, 1.165) is 16.6 Å². The minimum atomic E-state index is -0.716. The van der Waals surface area contributed by atoms with Gasteiger partial charge in [0.15, 0.2) is 5.75 Å². The van der Waals surface area contributed by atoms with Gasteiger partial charge in [0, 0.05) is 5.56 Å². The molecule has 3 rings (SSSR count). The first-order chi connectivity index (χ1) is 14.0. The third-order valence-corrected chi connectivity index (χ3v) is 3.69. The Kier molecular flexibility index (Phi) is 5.73. The number of nitro groups is 1. The Hall–Kier alpha value is -4.35. The number of rotatable bonds is 7. The number of aromatic hydroxyl groups is 1. The predicted octanol–water partition coefficient (Wildman–Crippen LogP) is 1.11. The van der Waals surface area contributed by atoms with Gasteiger partial charge in [-0.15, -0.1) is 10.2 Å². The molecule has 0 aliphatic heterocycles. The molecule has 0 aliphatic rings. The van der Waals surface area contributed by atoms with Crippen molar-refractivity contribution in [2.24, 2.45) is 5.10 Å². The van der Waals surface area contributed by atoms with Gasteiger partial charge in [-0.05, 0) is 17.3 Å². The average Bonchev–Trinajstić information content (AvgIpc) is 3.17. The fourth-order valence-electron chi connectivity index (χ4n) is 2.42. The van der Waals surface area contributed by atoms with Crippen LogP contribution < -0.4 is 10.2 Å². The van der Waals surface area contributed by atoms with Gasteiger partial charge in [0.25, 0.3) is 5.91 Å². The van der Waals surface area contributed by atoms with Gasteiger partial charge in [-0.1, -0.05) is 30.3 Å². The standard InChI is InChI=1S/C17H15N7O5/c1-29-16-13(25)8-7-12(15(16)24(27)28)9-18-19-14(26)10-23-21-17(20-22-23)11-5-3-2-4-6-11/h2-9,25H,10H2,1H3,(H,19,26)/b18-9-. The molecule has 0 bridgehead atoms. The number of ether oxygens (including phenoxy) is 1. The molecule has 148 valence electrons. The zero-order valence-electron chi connectivity index (χ0n) is 15.1. The lowest BCUT2D eigenvalue weighted by Crippen LogP contribution is -2.24. The lowest BCUT2D eigenvalue weighted by molar-refractivity contribution is -0.386. The summed E-state index contributed by atoms with van der Waals surface area (Å²) in [6.07, 6.45) is 1.07. The van der Waals surface area contributed by atoms with Gasteiger partial charge < -0.3 is 9.84 Å². The minimum Gasteiger partial charge on any atom is -0.504 e. The van der Waals surface area contributed by atoms with E-state index >= 15 is 0 Å². The molecule has 29 heavy (non-hydrogen) atoms. The van der Waals surface area contributed by atoms with Crippen LogP contribution in [0.3, 0.4) is 0 Å². The summed E-state index contributed by atoms with van der Waals surface area (Å²) in [6, 6.07) is 11.6. The van der Waals surface area contributed by atoms with Crippen LogP contribution in [0.1, 0.15) is 5.56 Å². The molecular weight excluding hydrogens is 382 g/mol. The number of aromatic nitrogens is 4. The van der Waals surface area contributed by atoms with Crippen molar-refractivity contribution in [1.82, 2.24) is 25.6 Å². The summed E-state index contributed by atoms with van der Waals surface area (Å²) in [5.74, 6) is -0.877. The summed E-state index contributed by atoms with van der Waals surface area (Å²) in [6.45, 7) is -0.252. The van der Waals surface area contributed by atoms with Crippen molar-refractivity contribution in [3.05, 3.63) is 58.1 Å². The van der Waals surface area contributed by atoms with Gasteiger partial charge in [0.2, 0.25) is 11.6 Å². The maximum atomic E-state index is 12.0. The number of methoxy groups -OCH3 is 1. The number of phenols is 1. The van der Waals surface area contributed by atoms with Gasteiger partial charge >= 0.3 is 5.69 Å². The lowest BCUT2D eigenvalue weighted by Gasteiger charge is -2.06. The Morgan fingerprint density at radius 2 is 2.10 bits per heavy atom. The zero-order valence-corrected chi connectivity index (χ0v) is 15.1. The first-order valence-corrected chi connectivity index (χ1v) is 8.19. The van der Waals surface area contributed by atoms with E-state index in [1.807, 2.05) is 30.3 Å². The summed E-state index contributed by atoms with van der Waals surface area (Å²) in [5, 5.41) is 36.4. The van der Waals surface area contributed by atoms with Crippen LogP contribution in [0.2, 0.25) is 0 Å². The molecule has 0 radical (unpaired) electrons. The number of hydrazone groups is 1. The number of carbonyl (C=O) groups excluding carboxylic acids is 1. The number of hydrogen-bond acceptors (Lipinski definition) is 9. The van der Waals surface area contributed by atoms with Crippen molar-refractivity contribution in [2.75, 3.05) is 7.11 Å². The fraction of sp³-hybridized carbons (Fsp3) is 0.118. The largest absolute Gasteiger partial charge is 0.504 e. The first kappa shape index (κ1) is 19.4. The molecule has 3 aromatic rings. The second-order valence-corrected chi connectivity index (χ2v) is 5.62. The Balaban J connectivity index is 1.67. The van der Waals surface area contributed by atoms with E-state index in [1.165, 1.54) is 19.2 Å². The van der Waals surface area contributed by atoms with E-state index in [1.54, 1.807) is 0 Å². The van der Waals surface area contributed by atoms with Crippen LogP contribution in [-0.2, 0) is 11.3 Å². The summed E-state index contributed by atoms with van der Waals surface area (Å²) in [4.78, 5) is 23.6. The average molecular weight is 397 g/mol. The van der Waals surface area contributed by atoms with Gasteiger partial charge in [-0.25, -0.2) is 5.43 Å². The van der Waals surface area contributed by atoms with Crippen molar-refractivity contribution in [2.45, 2.75) is 6.54 Å². The van der Waals surface area contributed by atoms with Gasteiger partial charge in [-0.3, -0.25) is 14.9 Å². The number of carbonyl (C=O) groups is 1. The van der Waals surface area contributed by atoms with Crippen molar-refractivity contribution < 1.29 is 19.6 Å². The summed E-state index contributed by atoms with van der Waals surface area (Å²) in [5.41, 5.74) is 2.54. The van der Waals surface area contributed by atoms with Crippen molar-refractivity contribution in [3.8, 4) is 22.9 Å². The zero-order chi connectivity index (χ0) is 20.8. The number of nitrogens with zero attached hydrogens (tertiary/aromatic N) is 6. The molecule has 1 heterocycles. The minimum absolute atomic E-state index is 0.0372. The number of nitrogens with one attached hydrogen (secondary N) is 1. The Labute approximate surface area is 163 Å². The quantitative estimate of drug-likeness (QED) is 0.341. The third kappa shape index (κ3) is 4.50. The number of hydrogen-bond donors (Lipinski definition) is 2. The lowest BCUT2D eigenvalue weighted by atomic mass is 10.1. The second-order valence-electron chi connectivity index (χ2n) is 5.62. The number of nitro benzene ring substituents is 1. The summed E-state index contributed by atoms with van der Waals surface area (Å²) < 4.78 is 4.86. The smallest absolute Gasteiger partial charge is 0.323 e. The molecule has 0 saturated heterocycles. The topological polar surface area (TPSA) is 158 Å². The van der Waals surface area contributed by atoms with Gasteiger partial charge in [0.1, 0.15) is 6.54 Å². The van der Waals surface area contributed by atoms with Crippen LogP contribution in [0.5, 0.6) is 11.5 Å². The third-order valence-electron chi connectivity index (χ3n) is 3.69. The van der Waals surface area contributed by atoms with Crippen LogP contribution in [0.4, 0.5) is 5.69 Å². The summed E-state index contributed by atoms with van der Waals surface area (Å²) in [7, 11) is 1.19.